The summed E-state index contributed by atoms with van der Waals surface area (Å²) in [5, 5.41) is 6.20. The van der Waals surface area contributed by atoms with Crippen LogP contribution in [-0.4, -0.2) is 49.2 Å². The van der Waals surface area contributed by atoms with Crippen LogP contribution in [0.2, 0.25) is 0 Å². The van der Waals surface area contributed by atoms with E-state index < -0.39 is 10.0 Å². The number of aromatic amines is 1. The molecule has 0 spiro atoms. The van der Waals surface area contributed by atoms with Crippen LogP contribution < -0.4 is 4.72 Å². The fraction of sp³-hybridized carbons (Fsp3) is 0.700. The summed E-state index contributed by atoms with van der Waals surface area (Å²) in [6.07, 6.45) is 3.90. The molecule has 2 N–H and O–H groups in total. The molecule has 1 fully saturated rings. The van der Waals surface area contributed by atoms with Crippen molar-refractivity contribution in [3.63, 3.8) is 0 Å². The summed E-state index contributed by atoms with van der Waals surface area (Å²) in [5.74, 6) is 0. The normalized spacial score (nSPS) is 16.6. The van der Waals surface area contributed by atoms with Gasteiger partial charge in [0.2, 0.25) is 0 Å². The number of nitrogens with one attached hydrogen (secondary N) is 2. The Morgan fingerprint density at radius 3 is 2.88 bits per heavy atom. The first-order valence-electron chi connectivity index (χ1n) is 5.86. The Hall–Kier alpha value is -0.920. The van der Waals surface area contributed by atoms with E-state index >= 15 is 0 Å². The summed E-state index contributed by atoms with van der Waals surface area (Å²) in [6, 6.07) is 2.11. The van der Waals surface area contributed by atoms with Gasteiger partial charge in [-0.05, 0) is 25.5 Å². The highest BCUT2D eigenvalue weighted by atomic mass is 32.2. The van der Waals surface area contributed by atoms with Gasteiger partial charge in [-0.2, -0.15) is 5.10 Å². The highest BCUT2D eigenvalue weighted by Gasteiger charge is 2.27. The smallest absolute Gasteiger partial charge is 0.257 e. The molecule has 1 heterocycles. The van der Waals surface area contributed by atoms with E-state index in [0.29, 0.717) is 12.6 Å². The first-order chi connectivity index (χ1) is 8.13. The highest BCUT2D eigenvalue weighted by molar-refractivity contribution is 7.89. The van der Waals surface area contributed by atoms with Crippen LogP contribution in [0, 0.1) is 0 Å². The Balaban J connectivity index is 1.81. The standard InChI is InChI=1S/C10H18N4O2S/c1-2-14(9-3-4-9)8-7-12-17(15,16)10-5-6-11-13-10/h5-6,9,12H,2-4,7-8H2,1H3,(H,11,13). The van der Waals surface area contributed by atoms with Gasteiger partial charge in [0.1, 0.15) is 0 Å². The quantitative estimate of drug-likeness (QED) is 0.731. The average Bonchev–Trinajstić information content (AvgIpc) is 2.96. The van der Waals surface area contributed by atoms with E-state index in [0.717, 1.165) is 13.1 Å². The number of H-pyrrole nitrogens is 1. The van der Waals surface area contributed by atoms with Gasteiger partial charge in [-0.3, -0.25) is 10.00 Å². The maximum absolute atomic E-state index is 11.7. The molecule has 0 atom stereocenters. The molecule has 17 heavy (non-hydrogen) atoms. The fourth-order valence-corrected chi connectivity index (χ4v) is 2.76. The first-order valence-corrected chi connectivity index (χ1v) is 7.35. The van der Waals surface area contributed by atoms with Crippen LogP contribution in [0.15, 0.2) is 17.3 Å². The maximum Gasteiger partial charge on any atom is 0.257 e. The topological polar surface area (TPSA) is 78.1 Å². The predicted octanol–water partition coefficient (Wildman–Crippen LogP) is 0.172. The molecule has 1 saturated carbocycles. The van der Waals surface area contributed by atoms with Gasteiger partial charge in [0.05, 0.1) is 6.20 Å². The van der Waals surface area contributed by atoms with Crippen molar-refractivity contribution in [2.75, 3.05) is 19.6 Å². The van der Waals surface area contributed by atoms with Gasteiger partial charge >= 0.3 is 0 Å². The van der Waals surface area contributed by atoms with Gasteiger partial charge < -0.3 is 0 Å². The van der Waals surface area contributed by atoms with Crippen molar-refractivity contribution in [3.8, 4) is 0 Å². The molecule has 6 nitrogen and oxygen atoms in total. The second kappa shape index (κ2) is 5.16. The van der Waals surface area contributed by atoms with Gasteiger partial charge in [-0.15, -0.1) is 0 Å². The minimum atomic E-state index is -3.42. The second-order valence-electron chi connectivity index (χ2n) is 4.18. The SMILES string of the molecule is CCN(CCNS(=O)(=O)c1ccn[nH]1)C1CC1. The van der Waals surface area contributed by atoms with Gasteiger partial charge in [-0.1, -0.05) is 6.92 Å². The van der Waals surface area contributed by atoms with Crippen LogP contribution in [0.1, 0.15) is 19.8 Å². The second-order valence-corrected chi connectivity index (χ2v) is 5.91. The van der Waals surface area contributed by atoms with Crippen molar-refractivity contribution >= 4 is 10.0 Å². The van der Waals surface area contributed by atoms with Gasteiger partial charge in [0, 0.05) is 19.1 Å². The van der Waals surface area contributed by atoms with Crippen LogP contribution in [0.4, 0.5) is 0 Å². The van der Waals surface area contributed by atoms with Crippen LogP contribution in [0.3, 0.4) is 0 Å². The van der Waals surface area contributed by atoms with Crippen LogP contribution >= 0.6 is 0 Å². The minimum Gasteiger partial charge on any atom is -0.299 e. The number of sulfonamides is 1. The number of rotatable bonds is 7. The van der Waals surface area contributed by atoms with Crippen molar-refractivity contribution in [1.29, 1.82) is 0 Å². The predicted molar refractivity (Wildman–Crippen MR) is 64.0 cm³/mol. The lowest BCUT2D eigenvalue weighted by Crippen LogP contribution is -2.36. The Labute approximate surface area is 101 Å². The highest BCUT2D eigenvalue weighted by Crippen LogP contribution is 2.25. The van der Waals surface area contributed by atoms with E-state index in [9.17, 15) is 8.42 Å². The Morgan fingerprint density at radius 1 is 1.59 bits per heavy atom. The van der Waals surface area contributed by atoms with E-state index in [4.69, 9.17) is 0 Å². The zero-order valence-corrected chi connectivity index (χ0v) is 10.7. The van der Waals surface area contributed by atoms with Crippen LogP contribution in [-0.2, 0) is 10.0 Å². The summed E-state index contributed by atoms with van der Waals surface area (Å²) >= 11 is 0. The number of nitrogens with zero attached hydrogens (tertiary/aromatic N) is 2. The maximum atomic E-state index is 11.7. The number of hydrogen-bond donors (Lipinski definition) is 2. The summed E-state index contributed by atoms with van der Waals surface area (Å²) < 4.78 is 26.1. The zero-order chi connectivity index (χ0) is 12.3. The molecule has 1 aromatic rings. The van der Waals surface area contributed by atoms with Gasteiger partial charge in [0.25, 0.3) is 10.0 Å². The van der Waals surface area contributed by atoms with E-state index in [1.54, 1.807) is 0 Å². The van der Waals surface area contributed by atoms with Gasteiger partial charge in [0.15, 0.2) is 5.03 Å². The molecular weight excluding hydrogens is 240 g/mol. The Bertz CT molecular complexity index is 439. The van der Waals surface area contributed by atoms with Crippen LogP contribution in [0.25, 0.3) is 0 Å². The van der Waals surface area contributed by atoms with Crippen molar-refractivity contribution < 1.29 is 8.42 Å². The molecule has 0 aromatic carbocycles. The monoisotopic (exact) mass is 258 g/mol. The van der Waals surface area contributed by atoms with Crippen molar-refractivity contribution in [2.45, 2.75) is 30.8 Å². The molecule has 0 bridgehead atoms. The van der Waals surface area contributed by atoms with Crippen molar-refractivity contribution in [2.24, 2.45) is 0 Å². The molecule has 1 aromatic heterocycles. The molecule has 0 saturated heterocycles. The lowest BCUT2D eigenvalue weighted by atomic mass is 10.4. The molecule has 96 valence electrons. The van der Waals surface area contributed by atoms with Crippen LogP contribution in [0.5, 0.6) is 0 Å². The third-order valence-electron chi connectivity index (χ3n) is 2.93. The average molecular weight is 258 g/mol. The molecular formula is C10H18N4O2S. The lowest BCUT2D eigenvalue weighted by molar-refractivity contribution is 0.282. The van der Waals surface area contributed by atoms with E-state index in [2.05, 4.69) is 26.7 Å². The fourth-order valence-electron chi connectivity index (χ4n) is 1.83. The third-order valence-corrected chi connectivity index (χ3v) is 4.32. The first kappa shape index (κ1) is 12.5. The largest absolute Gasteiger partial charge is 0.299 e. The molecule has 0 radical (unpaired) electrons. The third kappa shape index (κ3) is 3.27. The summed E-state index contributed by atoms with van der Waals surface area (Å²) in [4.78, 5) is 2.30. The van der Waals surface area contributed by atoms with E-state index in [-0.39, 0.29) is 5.03 Å². The molecule has 1 aliphatic carbocycles. The molecule has 1 aliphatic rings. The summed E-state index contributed by atoms with van der Waals surface area (Å²) in [6.45, 7) is 4.26. The summed E-state index contributed by atoms with van der Waals surface area (Å²) in [5.41, 5.74) is 0. The number of likely N-dealkylation sites (N-methyl/N-ethyl adjacent to an activating group) is 1. The minimum absolute atomic E-state index is 0.118. The molecule has 0 unspecified atom stereocenters. The molecule has 0 amide bonds. The van der Waals surface area contributed by atoms with E-state index in [1.807, 2.05) is 0 Å². The Morgan fingerprint density at radius 2 is 2.35 bits per heavy atom. The zero-order valence-electron chi connectivity index (χ0n) is 9.89. The Kier molecular flexibility index (Phi) is 3.80. The lowest BCUT2D eigenvalue weighted by Gasteiger charge is -2.19. The molecule has 0 aliphatic heterocycles. The molecule has 2 rings (SSSR count). The summed E-state index contributed by atoms with van der Waals surface area (Å²) in [7, 11) is -3.42. The molecule has 7 heteroatoms. The van der Waals surface area contributed by atoms with Crippen molar-refractivity contribution in [3.05, 3.63) is 12.3 Å². The van der Waals surface area contributed by atoms with E-state index in [1.165, 1.54) is 25.1 Å². The van der Waals surface area contributed by atoms with Gasteiger partial charge in [-0.25, -0.2) is 13.1 Å². The van der Waals surface area contributed by atoms with Crippen molar-refractivity contribution in [1.82, 2.24) is 19.8 Å². The number of hydrogen-bond acceptors (Lipinski definition) is 4. The number of aromatic nitrogens is 2.